The summed E-state index contributed by atoms with van der Waals surface area (Å²) in [5.41, 5.74) is 3.82. The van der Waals surface area contributed by atoms with Crippen LogP contribution in [-0.4, -0.2) is 6.61 Å². The van der Waals surface area contributed by atoms with Crippen molar-refractivity contribution in [3.05, 3.63) is 64.2 Å². The molecule has 2 aromatic carbocycles. The standard InChI is InChI=1S/C18H18BrClO/c1-18(2)11-21-17-8-7-12(9-14(17)18)15(19)10-13-5-3-4-6-16(13)20/h3-9,15H,10-11H2,1-2H3. The minimum absolute atomic E-state index is 0.0858. The predicted octanol–water partition coefficient (Wildman–Crippen LogP) is 5.69. The number of benzene rings is 2. The monoisotopic (exact) mass is 364 g/mol. The highest BCUT2D eigenvalue weighted by Gasteiger charge is 2.32. The lowest BCUT2D eigenvalue weighted by molar-refractivity contribution is 0.291. The normalized spacial score (nSPS) is 17.1. The van der Waals surface area contributed by atoms with E-state index in [4.69, 9.17) is 16.3 Å². The molecule has 110 valence electrons. The summed E-state index contributed by atoms with van der Waals surface area (Å²) in [6.07, 6.45) is 0.875. The molecule has 3 rings (SSSR count). The van der Waals surface area contributed by atoms with Crippen LogP contribution in [0.15, 0.2) is 42.5 Å². The Morgan fingerprint density at radius 2 is 2.00 bits per heavy atom. The molecule has 1 aliphatic heterocycles. The average Bonchev–Trinajstić information content (AvgIpc) is 2.77. The Bertz CT molecular complexity index is 666. The van der Waals surface area contributed by atoms with Crippen LogP contribution in [0.4, 0.5) is 0 Å². The molecule has 1 aliphatic rings. The number of halogens is 2. The molecule has 0 aromatic heterocycles. The fourth-order valence-electron chi connectivity index (χ4n) is 2.71. The van der Waals surface area contributed by atoms with Gasteiger partial charge in [0.05, 0.1) is 6.61 Å². The van der Waals surface area contributed by atoms with Gasteiger partial charge in [-0.05, 0) is 29.7 Å². The van der Waals surface area contributed by atoms with Gasteiger partial charge in [-0.1, -0.05) is 71.7 Å². The van der Waals surface area contributed by atoms with Crippen LogP contribution in [0.2, 0.25) is 5.02 Å². The van der Waals surface area contributed by atoms with Crippen molar-refractivity contribution in [1.82, 2.24) is 0 Å². The zero-order valence-electron chi connectivity index (χ0n) is 12.2. The highest BCUT2D eigenvalue weighted by atomic mass is 79.9. The van der Waals surface area contributed by atoms with E-state index in [0.29, 0.717) is 0 Å². The van der Waals surface area contributed by atoms with Gasteiger partial charge >= 0.3 is 0 Å². The van der Waals surface area contributed by atoms with Crippen LogP contribution in [0, 0.1) is 0 Å². The molecule has 0 N–H and O–H groups in total. The van der Waals surface area contributed by atoms with Crippen LogP contribution < -0.4 is 4.74 Å². The van der Waals surface area contributed by atoms with Crippen LogP contribution in [0.25, 0.3) is 0 Å². The van der Waals surface area contributed by atoms with Crippen molar-refractivity contribution in [1.29, 1.82) is 0 Å². The van der Waals surface area contributed by atoms with E-state index in [9.17, 15) is 0 Å². The predicted molar refractivity (Wildman–Crippen MR) is 91.8 cm³/mol. The second-order valence-electron chi connectivity index (χ2n) is 6.19. The summed E-state index contributed by atoms with van der Waals surface area (Å²) in [6.45, 7) is 5.20. The van der Waals surface area contributed by atoms with Crippen molar-refractivity contribution in [3.8, 4) is 5.75 Å². The van der Waals surface area contributed by atoms with Crippen LogP contribution in [0.5, 0.6) is 5.75 Å². The third kappa shape index (κ3) is 2.97. The fraction of sp³-hybridized carbons (Fsp3) is 0.333. The van der Waals surface area contributed by atoms with Crippen molar-refractivity contribution in [2.24, 2.45) is 0 Å². The molecule has 0 aliphatic carbocycles. The second-order valence-corrected chi connectivity index (χ2v) is 7.70. The van der Waals surface area contributed by atoms with Gasteiger partial charge in [0.15, 0.2) is 0 Å². The summed E-state index contributed by atoms with van der Waals surface area (Å²) < 4.78 is 5.75. The smallest absolute Gasteiger partial charge is 0.123 e. The molecule has 2 aromatic rings. The SMILES string of the molecule is CC1(C)COc2ccc(C(Br)Cc3ccccc3Cl)cc21. The molecular formula is C18H18BrClO. The van der Waals surface area contributed by atoms with Crippen molar-refractivity contribution in [3.63, 3.8) is 0 Å². The van der Waals surface area contributed by atoms with E-state index in [1.54, 1.807) is 0 Å². The van der Waals surface area contributed by atoms with Gasteiger partial charge in [-0.15, -0.1) is 0 Å². The minimum Gasteiger partial charge on any atom is -0.492 e. The van der Waals surface area contributed by atoms with Crippen LogP contribution in [0.1, 0.15) is 35.4 Å². The topological polar surface area (TPSA) is 9.23 Å². The highest BCUT2D eigenvalue weighted by Crippen LogP contribution is 2.41. The van der Waals surface area contributed by atoms with E-state index < -0.39 is 0 Å². The highest BCUT2D eigenvalue weighted by molar-refractivity contribution is 9.09. The maximum Gasteiger partial charge on any atom is 0.123 e. The molecule has 21 heavy (non-hydrogen) atoms. The molecule has 0 saturated heterocycles. The first-order chi connectivity index (χ1) is 9.97. The van der Waals surface area contributed by atoms with Gasteiger partial charge in [0.25, 0.3) is 0 Å². The third-order valence-corrected chi connectivity index (χ3v) is 5.26. The van der Waals surface area contributed by atoms with Crippen molar-refractivity contribution in [2.45, 2.75) is 30.5 Å². The summed E-state index contributed by atoms with van der Waals surface area (Å²) in [7, 11) is 0. The van der Waals surface area contributed by atoms with Crippen LogP contribution in [0.3, 0.4) is 0 Å². The van der Waals surface area contributed by atoms with E-state index in [1.165, 1.54) is 11.1 Å². The van der Waals surface area contributed by atoms with E-state index in [2.05, 4.69) is 54.0 Å². The lowest BCUT2D eigenvalue weighted by atomic mass is 9.85. The van der Waals surface area contributed by atoms with Crippen molar-refractivity contribution in [2.75, 3.05) is 6.61 Å². The number of hydrogen-bond acceptors (Lipinski definition) is 1. The Morgan fingerprint density at radius 1 is 1.24 bits per heavy atom. The summed E-state index contributed by atoms with van der Waals surface area (Å²) in [5, 5.41) is 0.826. The van der Waals surface area contributed by atoms with E-state index >= 15 is 0 Å². The summed E-state index contributed by atoms with van der Waals surface area (Å²) in [5.74, 6) is 1.01. The average molecular weight is 366 g/mol. The zero-order valence-corrected chi connectivity index (χ0v) is 14.5. The summed E-state index contributed by atoms with van der Waals surface area (Å²) >= 11 is 10.1. The number of rotatable bonds is 3. The molecule has 1 nitrogen and oxygen atoms in total. The molecule has 0 spiro atoms. The van der Waals surface area contributed by atoms with Crippen LogP contribution >= 0.6 is 27.5 Å². The first kappa shape index (κ1) is 14.9. The summed E-state index contributed by atoms with van der Waals surface area (Å²) in [6, 6.07) is 14.5. The molecule has 1 unspecified atom stereocenters. The van der Waals surface area contributed by atoms with Gasteiger partial charge in [0.1, 0.15) is 5.75 Å². The number of fused-ring (bicyclic) bond motifs is 1. The summed E-state index contributed by atoms with van der Waals surface area (Å²) in [4.78, 5) is 0.249. The quantitative estimate of drug-likeness (QED) is 0.635. The lowest BCUT2D eigenvalue weighted by Crippen LogP contribution is -2.18. The third-order valence-electron chi connectivity index (χ3n) is 4.04. The van der Waals surface area contributed by atoms with Gasteiger partial charge in [-0.2, -0.15) is 0 Å². The molecule has 0 bridgehead atoms. The van der Waals surface area contributed by atoms with Gasteiger partial charge in [0.2, 0.25) is 0 Å². The second kappa shape index (κ2) is 5.66. The Labute approximate surface area is 139 Å². The van der Waals surface area contributed by atoms with E-state index in [0.717, 1.165) is 29.4 Å². The minimum atomic E-state index is 0.0858. The van der Waals surface area contributed by atoms with Crippen molar-refractivity contribution >= 4 is 27.5 Å². The molecule has 3 heteroatoms. The number of hydrogen-bond donors (Lipinski definition) is 0. The van der Waals surface area contributed by atoms with Gasteiger partial charge in [0, 0.05) is 20.8 Å². The Hall–Kier alpha value is -0.990. The maximum atomic E-state index is 6.25. The molecule has 1 heterocycles. The molecule has 1 atom stereocenters. The number of ether oxygens (including phenoxy) is 1. The maximum absolute atomic E-state index is 6.25. The van der Waals surface area contributed by atoms with E-state index in [1.807, 2.05) is 18.2 Å². The molecule has 0 radical (unpaired) electrons. The lowest BCUT2D eigenvalue weighted by Gasteiger charge is -2.18. The Kier molecular flexibility index (Phi) is 4.02. The zero-order chi connectivity index (χ0) is 15.0. The van der Waals surface area contributed by atoms with Crippen LogP contribution in [-0.2, 0) is 11.8 Å². The molecule has 0 fully saturated rings. The first-order valence-corrected chi connectivity index (χ1v) is 8.41. The molecule has 0 saturated carbocycles. The fourth-order valence-corrected chi connectivity index (χ4v) is 3.55. The largest absolute Gasteiger partial charge is 0.492 e. The number of alkyl halides is 1. The Morgan fingerprint density at radius 3 is 2.76 bits per heavy atom. The first-order valence-electron chi connectivity index (χ1n) is 7.12. The molecular weight excluding hydrogens is 348 g/mol. The van der Waals surface area contributed by atoms with Crippen molar-refractivity contribution < 1.29 is 4.74 Å². The van der Waals surface area contributed by atoms with Gasteiger partial charge in [-0.25, -0.2) is 0 Å². The van der Waals surface area contributed by atoms with Gasteiger partial charge < -0.3 is 4.74 Å². The Balaban J connectivity index is 1.86. The molecule has 0 amide bonds. The van der Waals surface area contributed by atoms with E-state index in [-0.39, 0.29) is 10.2 Å². The van der Waals surface area contributed by atoms with Gasteiger partial charge in [-0.3, -0.25) is 0 Å².